The summed E-state index contributed by atoms with van der Waals surface area (Å²) in [5, 5.41) is 11.0. The Morgan fingerprint density at radius 1 is 1.43 bits per heavy atom. The Hall–Kier alpha value is -1.56. The van der Waals surface area contributed by atoms with Gasteiger partial charge in [-0.1, -0.05) is 0 Å². The first kappa shape index (κ1) is 15.8. The summed E-state index contributed by atoms with van der Waals surface area (Å²) in [6.45, 7) is 7.01. The highest BCUT2D eigenvalue weighted by molar-refractivity contribution is 5.79. The van der Waals surface area contributed by atoms with Crippen LogP contribution in [0.5, 0.6) is 0 Å². The summed E-state index contributed by atoms with van der Waals surface area (Å²) in [6.07, 6.45) is 4.41. The van der Waals surface area contributed by atoms with Gasteiger partial charge in [0.05, 0.1) is 12.2 Å². The van der Waals surface area contributed by atoms with Gasteiger partial charge in [-0.15, -0.1) is 0 Å². The SMILES string of the molecule is CCNC(=NCc1ccnn1C)NCC1CCCN(C)C1. The Bertz CT molecular complexity index is 453. The van der Waals surface area contributed by atoms with Gasteiger partial charge in [-0.25, -0.2) is 4.99 Å². The summed E-state index contributed by atoms with van der Waals surface area (Å²) in [5.74, 6) is 1.61. The number of hydrogen-bond acceptors (Lipinski definition) is 3. The Morgan fingerprint density at radius 2 is 2.29 bits per heavy atom. The van der Waals surface area contributed by atoms with E-state index in [-0.39, 0.29) is 0 Å². The number of rotatable bonds is 5. The molecule has 1 saturated heterocycles. The van der Waals surface area contributed by atoms with E-state index in [2.05, 4.69) is 39.6 Å². The fourth-order valence-corrected chi connectivity index (χ4v) is 2.74. The topological polar surface area (TPSA) is 57.5 Å². The zero-order valence-corrected chi connectivity index (χ0v) is 13.5. The Kier molecular flexibility index (Phi) is 6.04. The zero-order valence-electron chi connectivity index (χ0n) is 13.5. The number of piperidine rings is 1. The molecule has 1 fully saturated rings. The molecule has 0 aromatic carbocycles. The summed E-state index contributed by atoms with van der Waals surface area (Å²) in [4.78, 5) is 7.05. The summed E-state index contributed by atoms with van der Waals surface area (Å²) < 4.78 is 1.86. The van der Waals surface area contributed by atoms with Gasteiger partial charge in [0.1, 0.15) is 0 Å². The van der Waals surface area contributed by atoms with Crippen LogP contribution in [0, 0.1) is 5.92 Å². The van der Waals surface area contributed by atoms with E-state index >= 15 is 0 Å². The van der Waals surface area contributed by atoms with Crippen LogP contribution in [0.3, 0.4) is 0 Å². The molecule has 0 spiro atoms. The molecule has 1 unspecified atom stereocenters. The average Bonchev–Trinajstić information content (AvgIpc) is 2.87. The van der Waals surface area contributed by atoms with E-state index in [0.717, 1.165) is 24.7 Å². The minimum atomic E-state index is 0.649. The number of likely N-dealkylation sites (tertiary alicyclic amines) is 1. The first-order chi connectivity index (χ1) is 10.2. The molecule has 0 aliphatic carbocycles. The van der Waals surface area contributed by atoms with E-state index in [1.165, 1.54) is 25.9 Å². The third-order valence-corrected chi connectivity index (χ3v) is 3.95. The molecule has 118 valence electrons. The molecule has 6 nitrogen and oxygen atoms in total. The highest BCUT2D eigenvalue weighted by Gasteiger charge is 2.17. The van der Waals surface area contributed by atoms with E-state index in [0.29, 0.717) is 12.5 Å². The molecule has 21 heavy (non-hydrogen) atoms. The molecule has 1 aromatic rings. The van der Waals surface area contributed by atoms with E-state index in [4.69, 9.17) is 0 Å². The first-order valence-corrected chi connectivity index (χ1v) is 7.86. The maximum atomic E-state index is 4.64. The second kappa shape index (κ2) is 8.02. The number of nitrogens with zero attached hydrogens (tertiary/aromatic N) is 4. The molecule has 2 N–H and O–H groups in total. The summed E-state index contributed by atoms with van der Waals surface area (Å²) >= 11 is 0. The van der Waals surface area contributed by atoms with Crippen molar-refractivity contribution in [2.45, 2.75) is 26.3 Å². The molecule has 6 heteroatoms. The third-order valence-electron chi connectivity index (χ3n) is 3.95. The lowest BCUT2D eigenvalue weighted by Gasteiger charge is -2.30. The van der Waals surface area contributed by atoms with Crippen LogP contribution < -0.4 is 10.6 Å². The van der Waals surface area contributed by atoms with Gasteiger partial charge in [0.25, 0.3) is 0 Å². The van der Waals surface area contributed by atoms with Crippen LogP contribution in [0.15, 0.2) is 17.3 Å². The lowest BCUT2D eigenvalue weighted by molar-refractivity contribution is 0.210. The van der Waals surface area contributed by atoms with Crippen LogP contribution in [-0.2, 0) is 13.6 Å². The van der Waals surface area contributed by atoms with Crippen LogP contribution in [0.1, 0.15) is 25.5 Å². The first-order valence-electron chi connectivity index (χ1n) is 7.86. The normalized spacial score (nSPS) is 20.5. The number of hydrogen-bond donors (Lipinski definition) is 2. The van der Waals surface area contributed by atoms with E-state index in [9.17, 15) is 0 Å². The van der Waals surface area contributed by atoms with Crippen molar-refractivity contribution in [3.05, 3.63) is 18.0 Å². The molecule has 1 aliphatic heterocycles. The fourth-order valence-electron chi connectivity index (χ4n) is 2.74. The highest BCUT2D eigenvalue weighted by atomic mass is 15.3. The van der Waals surface area contributed by atoms with E-state index in [1.807, 2.05) is 24.0 Å². The Labute approximate surface area is 127 Å². The standard InChI is InChI=1S/C15H28N6/c1-4-16-15(18-11-14-7-8-19-21(14)3)17-10-13-6-5-9-20(2)12-13/h7-8,13H,4-6,9-12H2,1-3H3,(H2,16,17,18). The fraction of sp³-hybridized carbons (Fsp3) is 0.733. The maximum Gasteiger partial charge on any atom is 0.191 e. The summed E-state index contributed by atoms with van der Waals surface area (Å²) in [6, 6.07) is 2.00. The van der Waals surface area contributed by atoms with Gasteiger partial charge in [0.2, 0.25) is 0 Å². The van der Waals surface area contributed by atoms with Gasteiger partial charge in [-0.05, 0) is 45.3 Å². The molecule has 1 atom stereocenters. The number of nitrogens with one attached hydrogen (secondary N) is 2. The van der Waals surface area contributed by atoms with Crippen LogP contribution in [0.2, 0.25) is 0 Å². The lowest BCUT2D eigenvalue weighted by atomic mass is 9.99. The molecule has 1 aromatic heterocycles. The molecule has 2 rings (SSSR count). The smallest absolute Gasteiger partial charge is 0.191 e. The number of aryl methyl sites for hydroxylation is 1. The van der Waals surface area contributed by atoms with Crippen LogP contribution in [-0.4, -0.2) is 53.9 Å². The number of guanidine groups is 1. The van der Waals surface area contributed by atoms with Crippen molar-refractivity contribution in [1.29, 1.82) is 0 Å². The molecule has 0 bridgehead atoms. The van der Waals surface area contributed by atoms with Gasteiger partial charge in [-0.3, -0.25) is 4.68 Å². The summed E-state index contributed by atoms with van der Waals surface area (Å²) in [7, 11) is 4.15. The Balaban J connectivity index is 1.84. The zero-order chi connectivity index (χ0) is 15.1. The quantitative estimate of drug-likeness (QED) is 0.623. The van der Waals surface area contributed by atoms with Crippen molar-refractivity contribution in [2.75, 3.05) is 33.2 Å². The monoisotopic (exact) mass is 292 g/mol. The van der Waals surface area contributed by atoms with Crippen molar-refractivity contribution in [2.24, 2.45) is 18.0 Å². The second-order valence-electron chi connectivity index (χ2n) is 5.79. The van der Waals surface area contributed by atoms with E-state index in [1.54, 1.807) is 0 Å². The highest BCUT2D eigenvalue weighted by Crippen LogP contribution is 2.13. The molecule has 1 aliphatic rings. The van der Waals surface area contributed by atoms with Gasteiger partial charge < -0.3 is 15.5 Å². The van der Waals surface area contributed by atoms with Gasteiger partial charge >= 0.3 is 0 Å². The van der Waals surface area contributed by atoms with Gasteiger partial charge in [0, 0.05) is 32.9 Å². The minimum absolute atomic E-state index is 0.649. The third kappa shape index (κ3) is 5.04. The molecule has 2 heterocycles. The number of aromatic nitrogens is 2. The second-order valence-corrected chi connectivity index (χ2v) is 5.79. The molecule has 0 saturated carbocycles. The van der Waals surface area contributed by atoms with Gasteiger partial charge in [-0.2, -0.15) is 5.10 Å². The van der Waals surface area contributed by atoms with Crippen molar-refractivity contribution in [3.63, 3.8) is 0 Å². The molecular weight excluding hydrogens is 264 g/mol. The van der Waals surface area contributed by atoms with Crippen LogP contribution in [0.25, 0.3) is 0 Å². The van der Waals surface area contributed by atoms with Crippen molar-refractivity contribution < 1.29 is 0 Å². The molecule has 0 radical (unpaired) electrons. The molecular formula is C15H28N6. The summed E-state index contributed by atoms with van der Waals surface area (Å²) in [5.41, 5.74) is 1.12. The average molecular weight is 292 g/mol. The predicted octanol–water partition coefficient (Wildman–Crippen LogP) is 0.817. The van der Waals surface area contributed by atoms with Crippen LogP contribution in [0.4, 0.5) is 0 Å². The van der Waals surface area contributed by atoms with Crippen molar-refractivity contribution >= 4 is 5.96 Å². The minimum Gasteiger partial charge on any atom is -0.357 e. The van der Waals surface area contributed by atoms with Crippen molar-refractivity contribution in [1.82, 2.24) is 25.3 Å². The largest absolute Gasteiger partial charge is 0.357 e. The molecule has 0 amide bonds. The predicted molar refractivity (Wildman–Crippen MR) is 86.2 cm³/mol. The lowest BCUT2D eigenvalue weighted by Crippen LogP contribution is -2.43. The maximum absolute atomic E-state index is 4.64. The number of aliphatic imine (C=N–C) groups is 1. The van der Waals surface area contributed by atoms with Gasteiger partial charge in [0.15, 0.2) is 5.96 Å². The van der Waals surface area contributed by atoms with Crippen LogP contribution >= 0.6 is 0 Å². The van der Waals surface area contributed by atoms with E-state index < -0.39 is 0 Å². The Morgan fingerprint density at radius 3 is 2.95 bits per heavy atom. The van der Waals surface area contributed by atoms with Crippen molar-refractivity contribution in [3.8, 4) is 0 Å².